The van der Waals surface area contributed by atoms with E-state index in [1.54, 1.807) is 0 Å². The number of carboxylic acids is 2. The van der Waals surface area contributed by atoms with Crippen molar-refractivity contribution in [1.82, 2.24) is 19.9 Å². The van der Waals surface area contributed by atoms with Crippen LogP contribution >= 0.6 is 0 Å². The molecule has 2 heterocycles. The summed E-state index contributed by atoms with van der Waals surface area (Å²) in [4.78, 5) is 40.2. The first-order valence-electron chi connectivity index (χ1n) is 10.3. The fourth-order valence-corrected chi connectivity index (χ4v) is 3.16. The average molecular weight is 456 g/mol. The predicted octanol–water partition coefficient (Wildman–Crippen LogP) is 3.52. The van der Waals surface area contributed by atoms with E-state index in [0.29, 0.717) is 11.6 Å². The number of rotatable bonds is 9. The predicted molar refractivity (Wildman–Crippen MR) is 126 cm³/mol. The molecular weight excluding hydrogens is 436 g/mol. The number of hydrogen-bond acceptors (Lipinski definition) is 8. The maximum Gasteiger partial charge on any atom is 0.341 e. The maximum absolute atomic E-state index is 11.6. The van der Waals surface area contributed by atoms with Gasteiger partial charge >= 0.3 is 11.9 Å². The van der Waals surface area contributed by atoms with E-state index in [1.807, 2.05) is 60.7 Å². The Morgan fingerprint density at radius 2 is 1.03 bits per heavy atom. The van der Waals surface area contributed by atoms with E-state index in [1.165, 1.54) is 12.4 Å². The van der Waals surface area contributed by atoms with Crippen LogP contribution in [0.3, 0.4) is 0 Å². The molecule has 4 rings (SSSR count). The van der Waals surface area contributed by atoms with Gasteiger partial charge in [-0.3, -0.25) is 0 Å². The molecule has 0 aliphatic heterocycles. The molecule has 4 aromatic rings. The number of benzene rings is 2. The van der Waals surface area contributed by atoms with Gasteiger partial charge < -0.3 is 20.8 Å². The van der Waals surface area contributed by atoms with Crippen LogP contribution in [-0.2, 0) is 0 Å². The molecular formula is C24H20N6O4. The van der Waals surface area contributed by atoms with E-state index in [0.717, 1.165) is 11.1 Å². The summed E-state index contributed by atoms with van der Waals surface area (Å²) in [5.74, 6) is -1.23. The number of carbonyl (C=O) groups is 2. The number of nitrogens with zero attached hydrogens (tertiary/aromatic N) is 4. The third-order valence-corrected chi connectivity index (χ3v) is 4.81. The molecule has 0 fully saturated rings. The molecule has 170 valence electrons. The van der Waals surface area contributed by atoms with Gasteiger partial charge in [-0.15, -0.1) is 0 Å². The van der Waals surface area contributed by atoms with Crippen molar-refractivity contribution in [3.8, 4) is 22.8 Å². The van der Waals surface area contributed by atoms with E-state index in [2.05, 4.69) is 30.6 Å². The normalized spacial score (nSPS) is 10.5. The molecule has 2 aromatic heterocycles. The highest BCUT2D eigenvalue weighted by Gasteiger charge is 2.16. The van der Waals surface area contributed by atoms with E-state index in [4.69, 9.17) is 0 Å². The Morgan fingerprint density at radius 3 is 1.38 bits per heavy atom. The lowest BCUT2D eigenvalue weighted by Crippen LogP contribution is -2.19. The molecule has 10 nitrogen and oxygen atoms in total. The third kappa shape index (κ3) is 5.13. The first-order chi connectivity index (χ1) is 16.5. The molecule has 0 spiro atoms. The third-order valence-electron chi connectivity index (χ3n) is 4.81. The second-order valence-corrected chi connectivity index (χ2v) is 7.11. The number of carboxylic acid groups (broad SMARTS) is 2. The quantitative estimate of drug-likeness (QED) is 0.275. The molecule has 0 atom stereocenters. The fourth-order valence-electron chi connectivity index (χ4n) is 3.16. The number of nitrogens with one attached hydrogen (secondary N) is 2. The van der Waals surface area contributed by atoms with Crippen LogP contribution in [0.2, 0.25) is 0 Å². The lowest BCUT2D eigenvalue weighted by Gasteiger charge is -2.13. The second kappa shape index (κ2) is 10.2. The Hall–Kier alpha value is -4.86. The van der Waals surface area contributed by atoms with Crippen molar-refractivity contribution in [1.29, 1.82) is 0 Å². The molecule has 0 saturated carbocycles. The molecule has 2 aromatic carbocycles. The molecule has 0 amide bonds. The molecule has 10 heteroatoms. The van der Waals surface area contributed by atoms with Crippen LogP contribution in [0.25, 0.3) is 22.8 Å². The van der Waals surface area contributed by atoms with Crippen molar-refractivity contribution < 1.29 is 19.8 Å². The van der Waals surface area contributed by atoms with E-state index < -0.39 is 11.9 Å². The monoisotopic (exact) mass is 456 g/mol. The maximum atomic E-state index is 11.6. The summed E-state index contributed by atoms with van der Waals surface area (Å²) in [5.41, 5.74) is 1.36. The summed E-state index contributed by atoms with van der Waals surface area (Å²) in [6.07, 6.45) is 2.51. The van der Waals surface area contributed by atoms with Crippen molar-refractivity contribution in [2.45, 2.75) is 0 Å². The number of anilines is 2. The highest BCUT2D eigenvalue weighted by molar-refractivity contribution is 5.93. The van der Waals surface area contributed by atoms with Gasteiger partial charge in [0.25, 0.3) is 0 Å². The van der Waals surface area contributed by atoms with Gasteiger partial charge in [-0.1, -0.05) is 60.7 Å². The SMILES string of the molecule is O=C(O)c1cnc(-c2ccccc2)nc1NCCNc1nc(-c2ccccc2)ncc1C(=O)O. The van der Waals surface area contributed by atoms with Crippen molar-refractivity contribution in [2.75, 3.05) is 23.7 Å². The zero-order chi connectivity index (χ0) is 23.9. The fraction of sp³-hybridized carbons (Fsp3) is 0.0833. The molecule has 0 aliphatic carbocycles. The van der Waals surface area contributed by atoms with Gasteiger partial charge in [0, 0.05) is 36.6 Å². The van der Waals surface area contributed by atoms with Crippen LogP contribution in [0.4, 0.5) is 11.6 Å². The smallest absolute Gasteiger partial charge is 0.341 e. The lowest BCUT2D eigenvalue weighted by molar-refractivity contribution is 0.0686. The van der Waals surface area contributed by atoms with Crippen molar-refractivity contribution in [2.24, 2.45) is 0 Å². The van der Waals surface area contributed by atoms with E-state index in [9.17, 15) is 19.8 Å². The average Bonchev–Trinajstić information content (AvgIpc) is 2.87. The number of hydrogen-bond donors (Lipinski definition) is 4. The van der Waals surface area contributed by atoms with Crippen molar-refractivity contribution >= 4 is 23.6 Å². The van der Waals surface area contributed by atoms with Crippen LogP contribution in [0.1, 0.15) is 20.7 Å². The Balaban J connectivity index is 1.50. The highest BCUT2D eigenvalue weighted by atomic mass is 16.4. The molecule has 4 N–H and O–H groups in total. The lowest BCUT2D eigenvalue weighted by atomic mass is 10.2. The Kier molecular flexibility index (Phi) is 6.68. The minimum Gasteiger partial charge on any atom is -0.477 e. The Labute approximate surface area is 194 Å². The number of aromatic carboxylic acids is 2. The standard InChI is InChI=1S/C24H20N6O4/c31-23(32)17-13-27-19(15-7-3-1-4-8-15)29-21(17)25-11-12-26-22-18(24(33)34)14-28-20(30-22)16-9-5-2-6-10-16/h1-10,13-14H,11-12H2,(H,31,32)(H,33,34)(H,25,27,29)(H,26,28,30). The molecule has 0 bridgehead atoms. The molecule has 0 saturated heterocycles. The minimum absolute atomic E-state index is 0.0701. The number of aromatic nitrogens is 4. The second-order valence-electron chi connectivity index (χ2n) is 7.11. The highest BCUT2D eigenvalue weighted by Crippen LogP contribution is 2.21. The van der Waals surface area contributed by atoms with Gasteiger partial charge in [0.1, 0.15) is 22.8 Å². The van der Waals surface area contributed by atoms with Gasteiger partial charge in [0.2, 0.25) is 0 Å². The van der Waals surface area contributed by atoms with Gasteiger partial charge in [0.15, 0.2) is 11.6 Å². The van der Waals surface area contributed by atoms with Crippen LogP contribution in [0.5, 0.6) is 0 Å². The summed E-state index contributed by atoms with van der Waals surface area (Å²) in [6.45, 7) is 0.491. The molecule has 0 radical (unpaired) electrons. The summed E-state index contributed by atoms with van der Waals surface area (Å²) >= 11 is 0. The van der Waals surface area contributed by atoms with Gasteiger partial charge in [-0.2, -0.15) is 0 Å². The summed E-state index contributed by atoms with van der Waals surface area (Å²) in [7, 11) is 0. The zero-order valence-electron chi connectivity index (χ0n) is 17.8. The summed E-state index contributed by atoms with van der Waals surface area (Å²) in [6, 6.07) is 18.4. The van der Waals surface area contributed by atoms with Crippen molar-refractivity contribution in [3.63, 3.8) is 0 Å². The Bertz CT molecular complexity index is 1210. The van der Waals surface area contributed by atoms with Crippen LogP contribution in [0.15, 0.2) is 73.1 Å². The van der Waals surface area contributed by atoms with Gasteiger partial charge in [0.05, 0.1) is 0 Å². The van der Waals surface area contributed by atoms with Crippen LogP contribution in [-0.4, -0.2) is 55.2 Å². The van der Waals surface area contributed by atoms with Crippen molar-refractivity contribution in [3.05, 3.63) is 84.2 Å². The zero-order valence-corrected chi connectivity index (χ0v) is 17.8. The topological polar surface area (TPSA) is 150 Å². The Morgan fingerprint density at radius 1 is 0.647 bits per heavy atom. The van der Waals surface area contributed by atoms with E-state index >= 15 is 0 Å². The molecule has 34 heavy (non-hydrogen) atoms. The minimum atomic E-state index is -1.16. The van der Waals surface area contributed by atoms with E-state index in [-0.39, 0.29) is 35.9 Å². The molecule has 0 aliphatic rings. The first kappa shape index (κ1) is 22.3. The first-order valence-corrected chi connectivity index (χ1v) is 10.3. The van der Waals surface area contributed by atoms with Crippen LogP contribution < -0.4 is 10.6 Å². The van der Waals surface area contributed by atoms with Crippen LogP contribution in [0, 0.1) is 0 Å². The van der Waals surface area contributed by atoms with Gasteiger partial charge in [-0.25, -0.2) is 29.5 Å². The molecule has 0 unspecified atom stereocenters. The largest absolute Gasteiger partial charge is 0.477 e. The van der Waals surface area contributed by atoms with Gasteiger partial charge in [-0.05, 0) is 0 Å². The summed E-state index contributed by atoms with van der Waals surface area (Å²) < 4.78 is 0. The summed E-state index contributed by atoms with van der Waals surface area (Å²) in [5, 5.41) is 24.9.